The van der Waals surface area contributed by atoms with Gasteiger partial charge in [-0.3, -0.25) is 45.1 Å². The number of nitro benzene ring substituents is 3. The van der Waals surface area contributed by atoms with E-state index in [1.165, 1.54) is 41.3 Å². The number of rotatable bonds is 19. The molecule has 0 radical (unpaired) electrons. The number of hydrogen-bond acceptors (Lipinski definition) is 12. The Morgan fingerprint density at radius 2 is 1.07 bits per heavy atom. The number of carbonyl (C=O) groups is 1. The Morgan fingerprint density at radius 3 is 1.50 bits per heavy atom. The Kier molecular flexibility index (Phi) is 14.6. The minimum Gasteiger partial charge on any atom is -0.444 e. The minimum atomic E-state index is -0.722. The average molecular weight is 744 g/mol. The fourth-order valence-corrected chi connectivity index (χ4v) is 5.77. The predicted molar refractivity (Wildman–Crippen MR) is 200 cm³/mol. The molecule has 0 saturated heterocycles. The number of pyridine rings is 1. The maximum Gasteiger partial charge on any atom is 0.410 e. The van der Waals surface area contributed by atoms with E-state index in [1.807, 2.05) is 28.0 Å². The van der Waals surface area contributed by atoms with Crippen molar-refractivity contribution in [2.24, 2.45) is 0 Å². The van der Waals surface area contributed by atoms with Gasteiger partial charge in [0.2, 0.25) is 0 Å². The van der Waals surface area contributed by atoms with Gasteiger partial charge in [0, 0.05) is 95.4 Å². The molecule has 0 spiro atoms. The molecule has 286 valence electrons. The van der Waals surface area contributed by atoms with Crippen molar-refractivity contribution < 1.29 is 29.4 Å². The monoisotopic (exact) mass is 743 g/mol. The van der Waals surface area contributed by atoms with E-state index in [9.17, 15) is 40.2 Å². The predicted octanol–water partition coefficient (Wildman–Crippen LogP) is 6.63. The molecular weight excluding hydrogens is 698 g/mol. The van der Waals surface area contributed by atoms with Crippen LogP contribution in [0.25, 0.3) is 0 Å². The Labute approximate surface area is 313 Å². The van der Waals surface area contributed by atoms with Crippen molar-refractivity contribution in [3.63, 3.8) is 0 Å². The first kappa shape index (κ1) is 40.9. The number of benzene rings is 3. The van der Waals surface area contributed by atoms with E-state index in [2.05, 4.69) is 0 Å². The maximum absolute atomic E-state index is 13.1. The third kappa shape index (κ3) is 13.3. The van der Waals surface area contributed by atoms with Crippen molar-refractivity contribution in [3.8, 4) is 0 Å². The van der Waals surface area contributed by atoms with Gasteiger partial charge in [-0.2, -0.15) is 0 Å². The number of nitro groups is 3. The Bertz CT molecular complexity index is 1860. The number of carbonyl (C=O) groups excluding carboxylic acids is 1. The molecule has 0 unspecified atom stereocenters. The van der Waals surface area contributed by atoms with Crippen LogP contribution in [-0.2, 0) is 37.5 Å². The van der Waals surface area contributed by atoms with E-state index >= 15 is 0 Å². The molecule has 1 aromatic heterocycles. The van der Waals surface area contributed by atoms with E-state index in [4.69, 9.17) is 9.72 Å². The van der Waals surface area contributed by atoms with Crippen LogP contribution in [0.3, 0.4) is 0 Å². The van der Waals surface area contributed by atoms with Gasteiger partial charge in [-0.05, 0) is 56.0 Å². The van der Waals surface area contributed by atoms with Crippen LogP contribution < -0.4 is 0 Å². The van der Waals surface area contributed by atoms with Crippen LogP contribution in [0, 0.1) is 30.3 Å². The summed E-state index contributed by atoms with van der Waals surface area (Å²) in [5.41, 5.74) is 2.56. The van der Waals surface area contributed by atoms with Gasteiger partial charge in [0.1, 0.15) is 5.60 Å². The second-order valence-corrected chi connectivity index (χ2v) is 13.8. The quantitative estimate of drug-likeness (QED) is 0.0796. The lowest BCUT2D eigenvalue weighted by Crippen LogP contribution is -2.42. The smallest absolute Gasteiger partial charge is 0.410 e. The van der Waals surface area contributed by atoms with Crippen LogP contribution >= 0.6 is 0 Å². The molecule has 0 aliphatic heterocycles. The molecule has 54 heavy (non-hydrogen) atoms. The topological polar surface area (TPSA) is 199 Å². The number of amides is 1. The molecule has 0 atom stereocenters. The number of aromatic nitrogens is 1. The molecule has 1 heterocycles. The Hall–Kier alpha value is -5.84. The van der Waals surface area contributed by atoms with Gasteiger partial charge < -0.3 is 14.7 Å². The highest BCUT2D eigenvalue weighted by atomic mass is 16.6. The van der Waals surface area contributed by atoms with Crippen LogP contribution in [0.1, 0.15) is 55.3 Å². The van der Waals surface area contributed by atoms with E-state index < -0.39 is 26.5 Å². The van der Waals surface area contributed by atoms with E-state index in [1.54, 1.807) is 57.2 Å². The fraction of sp³-hybridized carbons (Fsp3) is 0.368. The summed E-state index contributed by atoms with van der Waals surface area (Å²) in [6.07, 6.45) is -0.157. The molecule has 0 saturated carbocycles. The van der Waals surface area contributed by atoms with Gasteiger partial charge in [-0.15, -0.1) is 0 Å². The highest BCUT2D eigenvalue weighted by Crippen LogP contribution is 2.21. The second-order valence-electron chi connectivity index (χ2n) is 13.8. The zero-order valence-corrected chi connectivity index (χ0v) is 30.6. The van der Waals surface area contributed by atoms with E-state index in [-0.39, 0.29) is 36.8 Å². The number of non-ortho nitro benzene ring substituents is 3. The maximum atomic E-state index is 13.1. The summed E-state index contributed by atoms with van der Waals surface area (Å²) in [4.78, 5) is 56.6. The first-order valence-electron chi connectivity index (χ1n) is 17.4. The van der Waals surface area contributed by atoms with Crippen molar-refractivity contribution in [3.05, 3.63) is 149 Å². The van der Waals surface area contributed by atoms with E-state index in [0.717, 1.165) is 0 Å². The lowest BCUT2D eigenvalue weighted by atomic mass is 10.1. The molecule has 4 aromatic rings. The molecule has 16 heteroatoms. The van der Waals surface area contributed by atoms with Crippen LogP contribution in [-0.4, -0.2) is 77.5 Å². The third-order valence-corrected chi connectivity index (χ3v) is 8.14. The largest absolute Gasteiger partial charge is 0.444 e. The molecule has 4 rings (SSSR count). The Morgan fingerprint density at radius 1 is 0.648 bits per heavy atom. The second kappa shape index (κ2) is 19.3. The molecule has 0 aliphatic rings. The van der Waals surface area contributed by atoms with Crippen LogP contribution in [0.2, 0.25) is 0 Å². The summed E-state index contributed by atoms with van der Waals surface area (Å²) in [7, 11) is 0. The van der Waals surface area contributed by atoms with Gasteiger partial charge >= 0.3 is 6.09 Å². The lowest BCUT2D eigenvalue weighted by molar-refractivity contribution is -0.385. The molecule has 0 aliphatic carbocycles. The normalized spacial score (nSPS) is 11.4. The summed E-state index contributed by atoms with van der Waals surface area (Å²) >= 11 is 0. The van der Waals surface area contributed by atoms with Crippen LogP contribution in [0.4, 0.5) is 21.9 Å². The summed E-state index contributed by atoms with van der Waals surface area (Å²) in [6, 6.07) is 24.5. The molecule has 1 N–H and O–H groups in total. The standard InChI is InChI=1S/C38H45N7O9/c1-38(2,3)54-37(47)42(17-8-20-46)19-18-40(24-29-9-4-14-34(21-29)43(48)49)27-32-12-7-13-33(39-32)28-41(25-30-10-5-15-35(22-30)44(50)51)26-31-11-6-16-36(23-31)45(52)53/h4-7,9-16,21-23,46H,8,17-20,24-28H2,1-3H3. The molecule has 0 bridgehead atoms. The summed E-state index contributed by atoms with van der Waals surface area (Å²) in [6.45, 7) is 7.61. The summed E-state index contributed by atoms with van der Waals surface area (Å²) < 4.78 is 5.61. The van der Waals surface area contributed by atoms with Gasteiger partial charge in [-0.1, -0.05) is 42.5 Å². The molecule has 0 fully saturated rings. The van der Waals surface area contributed by atoms with Gasteiger partial charge in [0.25, 0.3) is 17.1 Å². The zero-order valence-electron chi connectivity index (χ0n) is 30.6. The van der Waals surface area contributed by atoms with E-state index in [0.29, 0.717) is 73.8 Å². The number of aliphatic hydroxyl groups is 1. The van der Waals surface area contributed by atoms with Gasteiger partial charge in [-0.25, -0.2) is 4.79 Å². The zero-order chi connectivity index (χ0) is 39.3. The highest BCUT2D eigenvalue weighted by Gasteiger charge is 2.23. The molecule has 3 aromatic carbocycles. The fourth-order valence-electron chi connectivity index (χ4n) is 5.77. The third-order valence-electron chi connectivity index (χ3n) is 8.14. The van der Waals surface area contributed by atoms with Crippen molar-refractivity contribution in [2.45, 2.75) is 65.5 Å². The molecule has 1 amide bonds. The highest BCUT2D eigenvalue weighted by molar-refractivity contribution is 5.68. The molecular formula is C38H45N7O9. The minimum absolute atomic E-state index is 0.0431. The Balaban J connectivity index is 1.60. The number of nitrogens with zero attached hydrogens (tertiary/aromatic N) is 7. The lowest BCUT2D eigenvalue weighted by Gasteiger charge is -2.30. The van der Waals surface area contributed by atoms with Crippen molar-refractivity contribution >= 4 is 23.2 Å². The number of ether oxygens (including phenoxy) is 1. The van der Waals surface area contributed by atoms with Crippen molar-refractivity contribution in [1.82, 2.24) is 19.7 Å². The van der Waals surface area contributed by atoms with Crippen molar-refractivity contribution in [1.29, 1.82) is 0 Å². The van der Waals surface area contributed by atoms with Crippen LogP contribution in [0.5, 0.6) is 0 Å². The van der Waals surface area contributed by atoms with Crippen molar-refractivity contribution in [2.75, 3.05) is 26.2 Å². The SMILES string of the molecule is CC(C)(C)OC(=O)N(CCCO)CCN(Cc1cccc([N+](=O)[O-])c1)Cc1cccc(CN(Cc2cccc([N+](=O)[O-])c2)Cc2cccc([N+](=O)[O-])c2)n1. The van der Waals surface area contributed by atoms with Gasteiger partial charge in [0.15, 0.2) is 0 Å². The van der Waals surface area contributed by atoms with Gasteiger partial charge in [0.05, 0.1) is 26.2 Å². The first-order valence-corrected chi connectivity index (χ1v) is 17.4. The summed E-state index contributed by atoms with van der Waals surface area (Å²) in [5, 5.41) is 44.0. The first-order chi connectivity index (χ1) is 25.7. The number of aliphatic hydroxyl groups excluding tert-OH is 1. The molecule has 16 nitrogen and oxygen atoms in total. The average Bonchev–Trinajstić information content (AvgIpc) is 3.11. The number of hydrogen-bond donors (Lipinski definition) is 1. The summed E-state index contributed by atoms with van der Waals surface area (Å²) in [5.74, 6) is 0. The van der Waals surface area contributed by atoms with Crippen LogP contribution in [0.15, 0.2) is 91.0 Å².